The molecule has 0 radical (unpaired) electrons. The van der Waals surface area contributed by atoms with E-state index >= 15 is 0 Å². The molecule has 1 N–H and O–H groups in total. The summed E-state index contributed by atoms with van der Waals surface area (Å²) in [7, 11) is 1.88. The molecule has 100 valence electrons. The molecule has 5 heteroatoms. The fraction of sp³-hybridized carbons (Fsp3) is 0.0667. The summed E-state index contributed by atoms with van der Waals surface area (Å²) in [6.45, 7) is 0. The first-order valence-corrected chi connectivity index (χ1v) is 7.01. The number of halogens is 1. The molecule has 0 fully saturated rings. The molecule has 0 unspecified atom stereocenters. The second kappa shape index (κ2) is 5.46. The third-order valence-electron chi connectivity index (χ3n) is 3.00. The topological polar surface area (TPSA) is 42.7 Å². The van der Waals surface area contributed by atoms with Crippen molar-refractivity contribution in [3.63, 3.8) is 0 Å². The Bertz CT molecular complexity index is 704. The Kier molecular flexibility index (Phi) is 3.52. The molecule has 20 heavy (non-hydrogen) atoms. The molecule has 0 atom stereocenters. The number of aromatic nitrogens is 3. The van der Waals surface area contributed by atoms with Crippen LogP contribution in [0.4, 0.5) is 5.82 Å². The third-order valence-corrected chi connectivity index (χ3v) is 3.52. The van der Waals surface area contributed by atoms with Gasteiger partial charge in [0, 0.05) is 29.3 Å². The van der Waals surface area contributed by atoms with E-state index in [-0.39, 0.29) is 0 Å². The Balaban J connectivity index is 2.07. The van der Waals surface area contributed by atoms with Crippen molar-refractivity contribution in [1.82, 2.24) is 14.8 Å². The molecule has 0 aliphatic heterocycles. The molecule has 0 amide bonds. The van der Waals surface area contributed by atoms with E-state index < -0.39 is 0 Å². The second-order valence-electron chi connectivity index (χ2n) is 4.29. The average molecular weight is 329 g/mol. The highest BCUT2D eigenvalue weighted by Crippen LogP contribution is 2.25. The molecule has 0 saturated carbocycles. The van der Waals surface area contributed by atoms with Gasteiger partial charge in [0.05, 0.1) is 17.6 Å². The van der Waals surface area contributed by atoms with E-state index in [1.54, 1.807) is 12.4 Å². The maximum atomic E-state index is 4.65. The summed E-state index contributed by atoms with van der Waals surface area (Å²) in [4.78, 5) is 4.14. The predicted octanol–water partition coefficient (Wildman–Crippen LogP) is 3.74. The smallest absolute Gasteiger partial charge is 0.130 e. The van der Waals surface area contributed by atoms with Gasteiger partial charge in [0.25, 0.3) is 0 Å². The molecule has 0 spiro atoms. The summed E-state index contributed by atoms with van der Waals surface area (Å²) in [5, 5.41) is 7.81. The lowest BCUT2D eigenvalue weighted by Crippen LogP contribution is -2.02. The van der Waals surface area contributed by atoms with Crippen molar-refractivity contribution >= 4 is 21.7 Å². The average Bonchev–Trinajstić information content (AvgIpc) is 2.93. The first-order valence-electron chi connectivity index (χ1n) is 6.22. The van der Waals surface area contributed by atoms with Gasteiger partial charge < -0.3 is 5.32 Å². The van der Waals surface area contributed by atoms with Crippen LogP contribution in [0.5, 0.6) is 0 Å². The minimum absolute atomic E-state index is 0.922. The van der Waals surface area contributed by atoms with Gasteiger partial charge in [0.1, 0.15) is 5.82 Å². The van der Waals surface area contributed by atoms with Gasteiger partial charge in [-0.05, 0) is 24.3 Å². The molecule has 2 aromatic heterocycles. The van der Waals surface area contributed by atoms with Crippen molar-refractivity contribution in [2.75, 3.05) is 12.4 Å². The molecule has 3 aromatic rings. The van der Waals surface area contributed by atoms with E-state index in [1.807, 2.05) is 54.2 Å². The van der Waals surface area contributed by atoms with Crippen molar-refractivity contribution in [2.24, 2.45) is 0 Å². The Hall–Kier alpha value is -2.14. The standard InChI is InChI=1S/C15H13BrN4/c1-17-15-9-14(11-4-6-12(16)7-5-11)19-20(15)13-3-2-8-18-10-13/h2-10,17H,1H3. The third kappa shape index (κ3) is 2.44. The van der Waals surface area contributed by atoms with Gasteiger partial charge in [0.2, 0.25) is 0 Å². The number of nitrogens with zero attached hydrogens (tertiary/aromatic N) is 3. The van der Waals surface area contributed by atoms with Crippen LogP contribution in [0, 0.1) is 0 Å². The van der Waals surface area contributed by atoms with Gasteiger partial charge in [-0.2, -0.15) is 5.10 Å². The zero-order chi connectivity index (χ0) is 13.9. The van der Waals surface area contributed by atoms with Crippen molar-refractivity contribution in [3.05, 3.63) is 59.3 Å². The highest BCUT2D eigenvalue weighted by molar-refractivity contribution is 9.10. The molecule has 4 nitrogen and oxygen atoms in total. The fourth-order valence-corrected chi connectivity index (χ4v) is 2.26. The monoisotopic (exact) mass is 328 g/mol. The minimum atomic E-state index is 0.922. The van der Waals surface area contributed by atoms with Crippen LogP contribution < -0.4 is 5.32 Å². The highest BCUT2D eigenvalue weighted by Gasteiger charge is 2.10. The minimum Gasteiger partial charge on any atom is -0.373 e. The number of rotatable bonds is 3. The van der Waals surface area contributed by atoms with Crippen LogP contribution in [0.25, 0.3) is 16.9 Å². The van der Waals surface area contributed by atoms with E-state index in [1.165, 1.54) is 0 Å². The molecule has 0 aliphatic rings. The quantitative estimate of drug-likeness (QED) is 0.796. The van der Waals surface area contributed by atoms with Gasteiger partial charge >= 0.3 is 0 Å². The SMILES string of the molecule is CNc1cc(-c2ccc(Br)cc2)nn1-c1cccnc1. The number of hydrogen-bond acceptors (Lipinski definition) is 3. The van der Waals surface area contributed by atoms with Gasteiger partial charge in [-0.25, -0.2) is 4.68 Å². The predicted molar refractivity (Wildman–Crippen MR) is 84.0 cm³/mol. The van der Waals surface area contributed by atoms with Crippen LogP contribution in [-0.4, -0.2) is 21.8 Å². The van der Waals surface area contributed by atoms with E-state index in [2.05, 4.69) is 31.3 Å². The Morgan fingerprint density at radius 1 is 1.15 bits per heavy atom. The lowest BCUT2D eigenvalue weighted by Gasteiger charge is -2.05. The summed E-state index contributed by atoms with van der Waals surface area (Å²) in [5.41, 5.74) is 2.93. The molecule has 0 aliphatic carbocycles. The van der Waals surface area contributed by atoms with Crippen LogP contribution in [-0.2, 0) is 0 Å². The summed E-state index contributed by atoms with van der Waals surface area (Å²) >= 11 is 3.44. The molecular formula is C15H13BrN4. The molecule has 3 rings (SSSR count). The van der Waals surface area contributed by atoms with Gasteiger partial charge in [-0.1, -0.05) is 28.1 Å². The van der Waals surface area contributed by atoms with E-state index in [0.29, 0.717) is 0 Å². The first-order chi connectivity index (χ1) is 9.78. The molecular weight excluding hydrogens is 316 g/mol. The Labute approximate surface area is 125 Å². The summed E-state index contributed by atoms with van der Waals surface area (Å²) in [6.07, 6.45) is 3.54. The lowest BCUT2D eigenvalue weighted by molar-refractivity contribution is 0.882. The fourth-order valence-electron chi connectivity index (χ4n) is 2.00. The molecule has 0 bridgehead atoms. The Morgan fingerprint density at radius 2 is 1.95 bits per heavy atom. The van der Waals surface area contributed by atoms with Gasteiger partial charge in [-0.15, -0.1) is 0 Å². The van der Waals surface area contributed by atoms with E-state index in [9.17, 15) is 0 Å². The first kappa shape index (κ1) is 12.9. The second-order valence-corrected chi connectivity index (χ2v) is 5.21. The summed E-state index contributed by atoms with van der Waals surface area (Å²) in [6, 6.07) is 14.0. The van der Waals surface area contributed by atoms with E-state index in [0.717, 1.165) is 27.2 Å². The largest absolute Gasteiger partial charge is 0.373 e. The lowest BCUT2D eigenvalue weighted by atomic mass is 10.2. The van der Waals surface area contributed by atoms with Crippen LogP contribution in [0.3, 0.4) is 0 Å². The summed E-state index contributed by atoms with van der Waals surface area (Å²) < 4.78 is 2.91. The zero-order valence-electron chi connectivity index (χ0n) is 10.9. The number of nitrogens with one attached hydrogen (secondary N) is 1. The molecule has 1 aromatic carbocycles. The molecule has 0 saturated heterocycles. The number of hydrogen-bond donors (Lipinski definition) is 1. The van der Waals surface area contributed by atoms with Crippen LogP contribution in [0.1, 0.15) is 0 Å². The van der Waals surface area contributed by atoms with Crippen molar-refractivity contribution in [1.29, 1.82) is 0 Å². The number of anilines is 1. The normalized spacial score (nSPS) is 10.5. The Morgan fingerprint density at radius 3 is 2.60 bits per heavy atom. The number of pyridine rings is 1. The zero-order valence-corrected chi connectivity index (χ0v) is 12.5. The summed E-state index contributed by atoms with van der Waals surface area (Å²) in [5.74, 6) is 0.927. The van der Waals surface area contributed by atoms with Crippen LogP contribution in [0.2, 0.25) is 0 Å². The van der Waals surface area contributed by atoms with Crippen molar-refractivity contribution in [3.8, 4) is 16.9 Å². The maximum absolute atomic E-state index is 4.65. The van der Waals surface area contributed by atoms with E-state index in [4.69, 9.17) is 0 Å². The molecule has 2 heterocycles. The van der Waals surface area contributed by atoms with Crippen molar-refractivity contribution < 1.29 is 0 Å². The van der Waals surface area contributed by atoms with Gasteiger partial charge in [-0.3, -0.25) is 4.98 Å². The van der Waals surface area contributed by atoms with Gasteiger partial charge in [0.15, 0.2) is 0 Å². The van der Waals surface area contributed by atoms with Crippen molar-refractivity contribution in [2.45, 2.75) is 0 Å². The maximum Gasteiger partial charge on any atom is 0.130 e. The van der Waals surface area contributed by atoms with Crippen LogP contribution in [0.15, 0.2) is 59.3 Å². The highest BCUT2D eigenvalue weighted by atomic mass is 79.9. The number of benzene rings is 1. The van der Waals surface area contributed by atoms with Crippen LogP contribution >= 0.6 is 15.9 Å².